The van der Waals surface area contributed by atoms with Gasteiger partial charge in [-0.05, 0) is 37.6 Å². The molecule has 1 atom stereocenters. The number of non-ortho nitro benzene ring substituents is 1. The molecule has 0 fully saturated rings. The number of likely N-dealkylation sites (N-methyl/N-ethyl adjacent to an activating group) is 1. The van der Waals surface area contributed by atoms with E-state index in [-0.39, 0.29) is 22.9 Å². The van der Waals surface area contributed by atoms with E-state index in [1.54, 1.807) is 45.3 Å². The lowest BCUT2D eigenvalue weighted by atomic mass is 10.1. The minimum absolute atomic E-state index is 0.143. The zero-order chi connectivity index (χ0) is 22.3. The summed E-state index contributed by atoms with van der Waals surface area (Å²) >= 11 is 0. The van der Waals surface area contributed by atoms with Crippen molar-refractivity contribution in [3.63, 3.8) is 0 Å². The van der Waals surface area contributed by atoms with E-state index in [0.717, 1.165) is 0 Å². The summed E-state index contributed by atoms with van der Waals surface area (Å²) in [4.78, 5) is 36.1. The van der Waals surface area contributed by atoms with Crippen molar-refractivity contribution in [2.45, 2.75) is 20.0 Å². The number of hydrogen-bond donors (Lipinski definition) is 0. The van der Waals surface area contributed by atoms with Gasteiger partial charge >= 0.3 is 0 Å². The number of nitro groups is 1. The predicted molar refractivity (Wildman–Crippen MR) is 113 cm³/mol. The molecular weight excluding hydrogens is 388 g/mol. The van der Waals surface area contributed by atoms with Crippen LogP contribution in [0, 0.1) is 10.1 Å². The molecule has 0 spiro atoms. The summed E-state index contributed by atoms with van der Waals surface area (Å²) in [5.41, 5.74) is 0.758. The third kappa shape index (κ3) is 5.91. The molecule has 0 saturated heterocycles. The van der Waals surface area contributed by atoms with Crippen LogP contribution in [0.2, 0.25) is 0 Å². The number of nitrogens with zero attached hydrogens (tertiary/aromatic N) is 2. The molecule has 8 heteroatoms. The van der Waals surface area contributed by atoms with Crippen LogP contribution in [0.4, 0.5) is 5.69 Å². The summed E-state index contributed by atoms with van der Waals surface area (Å²) in [5, 5.41) is 10.9. The van der Waals surface area contributed by atoms with Crippen molar-refractivity contribution < 1.29 is 24.0 Å². The van der Waals surface area contributed by atoms with Crippen LogP contribution in [0.25, 0.3) is 6.08 Å². The first-order valence-electron chi connectivity index (χ1n) is 9.34. The number of carbonyl (C=O) groups is 2. The van der Waals surface area contributed by atoms with Gasteiger partial charge in [0.15, 0.2) is 23.4 Å². The van der Waals surface area contributed by atoms with Crippen molar-refractivity contribution in [1.82, 2.24) is 4.90 Å². The van der Waals surface area contributed by atoms with E-state index in [1.807, 2.05) is 6.92 Å². The summed E-state index contributed by atoms with van der Waals surface area (Å²) in [6, 6.07) is 10.6. The highest BCUT2D eigenvalue weighted by Crippen LogP contribution is 2.30. The molecule has 30 heavy (non-hydrogen) atoms. The van der Waals surface area contributed by atoms with Gasteiger partial charge in [-0.1, -0.05) is 24.3 Å². The molecule has 0 aliphatic rings. The molecule has 0 aromatic heterocycles. The van der Waals surface area contributed by atoms with Gasteiger partial charge in [0.2, 0.25) is 0 Å². The van der Waals surface area contributed by atoms with E-state index in [0.29, 0.717) is 23.7 Å². The summed E-state index contributed by atoms with van der Waals surface area (Å²) in [6.07, 6.45) is 2.24. The third-order valence-corrected chi connectivity index (χ3v) is 4.13. The molecule has 0 radical (unpaired) electrons. The molecule has 0 aliphatic carbocycles. The van der Waals surface area contributed by atoms with Crippen LogP contribution in [-0.4, -0.2) is 48.3 Å². The summed E-state index contributed by atoms with van der Waals surface area (Å²) < 4.78 is 11.3. The Bertz CT molecular complexity index is 968. The van der Waals surface area contributed by atoms with E-state index in [1.165, 1.54) is 35.2 Å². The minimum Gasteiger partial charge on any atom is -0.490 e. The molecule has 2 rings (SSSR count). The maximum Gasteiger partial charge on any atom is 0.270 e. The number of hydrogen-bond acceptors (Lipinski definition) is 6. The van der Waals surface area contributed by atoms with E-state index in [2.05, 4.69) is 0 Å². The third-order valence-electron chi connectivity index (χ3n) is 4.13. The lowest BCUT2D eigenvalue weighted by molar-refractivity contribution is -0.384. The molecule has 0 saturated carbocycles. The van der Waals surface area contributed by atoms with Gasteiger partial charge in [0.05, 0.1) is 11.5 Å². The summed E-state index contributed by atoms with van der Waals surface area (Å²) in [5.74, 6) is 0.328. The molecule has 0 N–H and O–H groups in total. The van der Waals surface area contributed by atoms with E-state index < -0.39 is 11.0 Å². The number of rotatable bonds is 9. The molecule has 0 bridgehead atoms. The maximum absolute atomic E-state index is 12.3. The first-order valence-corrected chi connectivity index (χ1v) is 9.34. The number of allylic oxidation sites excluding steroid dienone is 1. The van der Waals surface area contributed by atoms with Gasteiger partial charge in [-0.2, -0.15) is 0 Å². The van der Waals surface area contributed by atoms with Crippen LogP contribution in [0.3, 0.4) is 0 Å². The van der Waals surface area contributed by atoms with Gasteiger partial charge in [-0.15, -0.1) is 0 Å². The fourth-order valence-electron chi connectivity index (χ4n) is 2.64. The molecule has 1 amide bonds. The molecule has 0 unspecified atom stereocenters. The van der Waals surface area contributed by atoms with Crippen molar-refractivity contribution in [2.75, 3.05) is 20.7 Å². The molecule has 0 aliphatic heterocycles. The monoisotopic (exact) mass is 412 g/mol. The molecule has 2 aromatic rings. The second kappa shape index (κ2) is 10.2. The van der Waals surface area contributed by atoms with E-state index in [9.17, 15) is 19.7 Å². The Labute approximate surface area is 174 Å². The number of ether oxygens (including phenoxy) is 2. The van der Waals surface area contributed by atoms with Gasteiger partial charge in [0, 0.05) is 31.8 Å². The van der Waals surface area contributed by atoms with Gasteiger partial charge in [-0.3, -0.25) is 19.7 Å². The largest absolute Gasteiger partial charge is 0.490 e. The highest BCUT2D eigenvalue weighted by Gasteiger charge is 2.18. The summed E-state index contributed by atoms with van der Waals surface area (Å²) in [6.45, 7) is 3.88. The standard InChI is InChI=1S/C22H24N2O6/c1-5-29-21-13-16(10-12-20(21)30-15(2)22(26)23(3)4)9-11-19(25)17-7-6-8-18(14-17)24(27)28/h6-15H,5H2,1-4H3/b11-9+/t15-/m0/s1. The zero-order valence-electron chi connectivity index (χ0n) is 17.3. The SMILES string of the molecule is CCOc1cc(/C=C/C(=O)c2cccc([N+](=O)[O-])c2)ccc1O[C@@H](C)C(=O)N(C)C. The summed E-state index contributed by atoms with van der Waals surface area (Å²) in [7, 11) is 3.30. The first kappa shape index (κ1) is 22.6. The van der Waals surface area contributed by atoms with E-state index in [4.69, 9.17) is 9.47 Å². The van der Waals surface area contributed by atoms with Crippen LogP contribution in [0.1, 0.15) is 29.8 Å². The van der Waals surface area contributed by atoms with Crippen molar-refractivity contribution in [1.29, 1.82) is 0 Å². The lowest BCUT2D eigenvalue weighted by Crippen LogP contribution is -2.35. The van der Waals surface area contributed by atoms with Gasteiger partial charge in [0.1, 0.15) is 0 Å². The fourth-order valence-corrected chi connectivity index (χ4v) is 2.64. The minimum atomic E-state index is -0.684. The Hall–Kier alpha value is -3.68. The second-order valence-electron chi connectivity index (χ2n) is 6.64. The van der Waals surface area contributed by atoms with Crippen LogP contribution in [0.5, 0.6) is 11.5 Å². The topological polar surface area (TPSA) is 99.0 Å². The van der Waals surface area contributed by atoms with Gasteiger partial charge < -0.3 is 14.4 Å². The zero-order valence-corrected chi connectivity index (χ0v) is 17.3. The number of ketones is 1. The number of nitro benzene ring substituents is 1. The Morgan fingerprint density at radius 2 is 1.90 bits per heavy atom. The predicted octanol–water partition coefficient (Wildman–Crippen LogP) is 3.75. The molecule has 158 valence electrons. The van der Waals surface area contributed by atoms with Crippen molar-refractivity contribution in [3.05, 3.63) is 69.8 Å². The van der Waals surface area contributed by atoms with Gasteiger partial charge in [0.25, 0.3) is 11.6 Å². The van der Waals surface area contributed by atoms with Crippen LogP contribution < -0.4 is 9.47 Å². The van der Waals surface area contributed by atoms with Crippen LogP contribution in [-0.2, 0) is 4.79 Å². The number of amides is 1. The Morgan fingerprint density at radius 1 is 1.17 bits per heavy atom. The first-order chi connectivity index (χ1) is 14.2. The Balaban J connectivity index is 2.21. The highest BCUT2D eigenvalue weighted by molar-refractivity contribution is 6.07. The van der Waals surface area contributed by atoms with Gasteiger partial charge in [-0.25, -0.2) is 0 Å². The molecular formula is C22H24N2O6. The Morgan fingerprint density at radius 3 is 2.53 bits per heavy atom. The van der Waals surface area contributed by atoms with Crippen molar-refractivity contribution in [3.8, 4) is 11.5 Å². The average Bonchev–Trinajstić information content (AvgIpc) is 2.73. The highest BCUT2D eigenvalue weighted by atomic mass is 16.6. The van der Waals surface area contributed by atoms with E-state index >= 15 is 0 Å². The van der Waals surface area contributed by atoms with Crippen LogP contribution >= 0.6 is 0 Å². The second-order valence-corrected chi connectivity index (χ2v) is 6.64. The van der Waals surface area contributed by atoms with Crippen molar-refractivity contribution >= 4 is 23.5 Å². The Kier molecular flexibility index (Phi) is 7.69. The molecule has 8 nitrogen and oxygen atoms in total. The van der Waals surface area contributed by atoms with Crippen LogP contribution in [0.15, 0.2) is 48.5 Å². The maximum atomic E-state index is 12.3. The molecule has 2 aromatic carbocycles. The quantitative estimate of drug-likeness (QED) is 0.269. The normalized spacial score (nSPS) is 11.7. The smallest absolute Gasteiger partial charge is 0.270 e. The van der Waals surface area contributed by atoms with Crippen molar-refractivity contribution in [2.24, 2.45) is 0 Å². The number of benzene rings is 2. The fraction of sp³-hybridized carbons (Fsp3) is 0.273. The molecule has 0 heterocycles. The number of carbonyl (C=O) groups excluding carboxylic acids is 2. The lowest BCUT2D eigenvalue weighted by Gasteiger charge is -2.20. The average molecular weight is 412 g/mol.